The molecular formula is C35H40N4O6S. The molecule has 11 heteroatoms. The highest BCUT2D eigenvalue weighted by Crippen LogP contribution is 2.30. The van der Waals surface area contributed by atoms with Crippen molar-refractivity contribution in [3.63, 3.8) is 0 Å². The first kappa shape index (κ1) is 34.0. The van der Waals surface area contributed by atoms with E-state index in [9.17, 15) is 22.8 Å². The van der Waals surface area contributed by atoms with Gasteiger partial charge < -0.3 is 19.5 Å². The van der Waals surface area contributed by atoms with Gasteiger partial charge in [0, 0.05) is 55.3 Å². The van der Waals surface area contributed by atoms with Gasteiger partial charge in [-0.2, -0.15) is 0 Å². The topological polar surface area (TPSA) is 127 Å². The lowest BCUT2D eigenvalue weighted by atomic mass is 10.00. The van der Waals surface area contributed by atoms with Crippen molar-refractivity contribution in [2.75, 3.05) is 27.7 Å². The van der Waals surface area contributed by atoms with E-state index in [4.69, 9.17) is 4.74 Å². The van der Waals surface area contributed by atoms with Gasteiger partial charge in [0.1, 0.15) is 12.3 Å². The van der Waals surface area contributed by atoms with Crippen LogP contribution in [0.2, 0.25) is 0 Å². The minimum atomic E-state index is -4.08. The number of hydrogen-bond donors (Lipinski definition) is 2. The number of aromatic nitrogens is 1. The molecule has 1 aromatic heterocycles. The van der Waals surface area contributed by atoms with Gasteiger partial charge in [-0.05, 0) is 78.9 Å². The van der Waals surface area contributed by atoms with Crippen LogP contribution in [-0.4, -0.2) is 63.4 Å². The van der Waals surface area contributed by atoms with Gasteiger partial charge >= 0.3 is 0 Å². The highest BCUT2D eigenvalue weighted by atomic mass is 32.2. The molecule has 2 N–H and O–H groups in total. The van der Waals surface area contributed by atoms with Gasteiger partial charge in [-0.15, -0.1) is 0 Å². The number of ether oxygens (including phenoxy) is 1. The van der Waals surface area contributed by atoms with Gasteiger partial charge in [-0.3, -0.25) is 14.4 Å². The Labute approximate surface area is 270 Å². The van der Waals surface area contributed by atoms with Crippen molar-refractivity contribution in [2.45, 2.75) is 45.1 Å². The molecule has 0 saturated carbocycles. The van der Waals surface area contributed by atoms with Crippen molar-refractivity contribution in [3.05, 3.63) is 100 Å². The Morgan fingerprint density at radius 2 is 1.74 bits per heavy atom. The number of amides is 3. The second-order valence-corrected chi connectivity index (χ2v) is 13.0. The SMILES string of the molecule is CCCNC(=O)C(C)=Cc1ccc2c(c1)c(Cc1ccc(C(=O)NS(=O)(=O)c3ccccc3C)cc1OC)cn2CC(=O)N(C)C. The van der Waals surface area contributed by atoms with Gasteiger partial charge in [0.05, 0.1) is 12.0 Å². The van der Waals surface area contributed by atoms with E-state index in [-0.39, 0.29) is 28.8 Å². The van der Waals surface area contributed by atoms with Crippen molar-refractivity contribution >= 4 is 44.7 Å². The van der Waals surface area contributed by atoms with Gasteiger partial charge in [-0.1, -0.05) is 37.3 Å². The number of nitrogens with one attached hydrogen (secondary N) is 2. The second kappa shape index (κ2) is 14.5. The molecule has 0 saturated heterocycles. The van der Waals surface area contributed by atoms with E-state index in [0.717, 1.165) is 34.0 Å². The van der Waals surface area contributed by atoms with Crippen LogP contribution >= 0.6 is 0 Å². The van der Waals surface area contributed by atoms with E-state index < -0.39 is 15.9 Å². The summed E-state index contributed by atoms with van der Waals surface area (Å²) in [4.78, 5) is 39.7. The zero-order valence-corrected chi connectivity index (χ0v) is 27.8. The molecule has 3 aromatic carbocycles. The van der Waals surface area contributed by atoms with E-state index in [0.29, 0.717) is 29.9 Å². The lowest BCUT2D eigenvalue weighted by Gasteiger charge is -2.12. The van der Waals surface area contributed by atoms with Crippen molar-refractivity contribution < 1.29 is 27.5 Å². The van der Waals surface area contributed by atoms with Crippen LogP contribution in [-0.2, 0) is 32.6 Å². The summed E-state index contributed by atoms with van der Waals surface area (Å²) in [6.45, 7) is 6.17. The number of benzene rings is 3. The molecule has 46 heavy (non-hydrogen) atoms. The normalized spacial score (nSPS) is 11.7. The highest BCUT2D eigenvalue weighted by Gasteiger charge is 2.22. The fraction of sp³-hybridized carbons (Fsp3) is 0.286. The largest absolute Gasteiger partial charge is 0.496 e. The Bertz CT molecular complexity index is 1920. The molecule has 0 aliphatic rings. The van der Waals surface area contributed by atoms with Crippen LogP contribution in [0, 0.1) is 6.92 Å². The van der Waals surface area contributed by atoms with E-state index in [1.54, 1.807) is 58.3 Å². The maximum absolute atomic E-state index is 13.0. The van der Waals surface area contributed by atoms with Crippen LogP contribution in [0.4, 0.5) is 0 Å². The molecule has 4 rings (SSSR count). The summed E-state index contributed by atoms with van der Waals surface area (Å²) in [5, 5.41) is 3.79. The molecular weight excluding hydrogens is 604 g/mol. The number of aryl methyl sites for hydroxylation is 1. The molecule has 3 amide bonds. The predicted octanol–water partition coefficient (Wildman–Crippen LogP) is 4.69. The Balaban J connectivity index is 1.68. The van der Waals surface area contributed by atoms with Gasteiger partial charge in [0.2, 0.25) is 11.8 Å². The molecule has 0 radical (unpaired) electrons. The van der Waals surface area contributed by atoms with Gasteiger partial charge in [0.15, 0.2) is 0 Å². The number of hydrogen-bond acceptors (Lipinski definition) is 6. The van der Waals surface area contributed by atoms with E-state index in [1.165, 1.54) is 24.1 Å². The standard InChI is InChI=1S/C35H40N4O6S/c1-7-16-36-34(41)24(3)17-25-12-15-30-29(18-25)28(21-39(30)22-33(40)38(4)5)19-26-13-14-27(20-31(26)45-6)35(42)37-46(43,44)32-11-9-8-10-23(32)2/h8-15,17-18,20-21H,7,16,19,22H2,1-6H3,(H,36,41)(H,37,42). The van der Waals surface area contributed by atoms with Crippen LogP contribution in [0.1, 0.15) is 52.9 Å². The summed E-state index contributed by atoms with van der Waals surface area (Å²) < 4.78 is 35.5. The molecule has 0 fully saturated rings. The number of carbonyl (C=O) groups excluding carboxylic acids is 3. The molecule has 0 aliphatic carbocycles. The number of nitrogens with zero attached hydrogens (tertiary/aromatic N) is 2. The Morgan fingerprint density at radius 1 is 1.00 bits per heavy atom. The number of sulfonamides is 1. The molecule has 0 bridgehead atoms. The summed E-state index contributed by atoms with van der Waals surface area (Å²) >= 11 is 0. The minimum absolute atomic E-state index is 0.0297. The third-order valence-electron chi connectivity index (χ3n) is 7.61. The van der Waals surface area contributed by atoms with Crippen molar-refractivity contribution in [1.82, 2.24) is 19.5 Å². The average Bonchev–Trinajstić information content (AvgIpc) is 3.35. The zero-order chi connectivity index (χ0) is 33.6. The third-order valence-corrected chi connectivity index (χ3v) is 9.10. The summed E-state index contributed by atoms with van der Waals surface area (Å²) in [6.07, 6.45) is 5.00. The number of likely N-dealkylation sites (N-methyl/N-ethyl adjacent to an activating group) is 1. The first-order valence-corrected chi connectivity index (χ1v) is 16.4. The molecule has 10 nitrogen and oxygen atoms in total. The Hall–Kier alpha value is -4.90. The van der Waals surface area contributed by atoms with Gasteiger partial charge in [0.25, 0.3) is 15.9 Å². The number of fused-ring (bicyclic) bond motifs is 1. The fourth-order valence-electron chi connectivity index (χ4n) is 5.06. The van der Waals surface area contributed by atoms with Gasteiger partial charge in [-0.25, -0.2) is 13.1 Å². The molecule has 0 unspecified atom stereocenters. The van der Waals surface area contributed by atoms with Crippen LogP contribution < -0.4 is 14.8 Å². The molecule has 0 atom stereocenters. The molecule has 4 aromatic rings. The second-order valence-electron chi connectivity index (χ2n) is 11.3. The fourth-order valence-corrected chi connectivity index (χ4v) is 6.28. The van der Waals surface area contributed by atoms with Crippen LogP contribution in [0.5, 0.6) is 5.75 Å². The number of methoxy groups -OCH3 is 1. The van der Waals surface area contributed by atoms with E-state index >= 15 is 0 Å². The zero-order valence-electron chi connectivity index (χ0n) is 27.0. The van der Waals surface area contributed by atoms with Crippen LogP contribution in [0.15, 0.2) is 77.3 Å². The maximum atomic E-state index is 13.0. The Morgan fingerprint density at radius 3 is 2.41 bits per heavy atom. The smallest absolute Gasteiger partial charge is 0.265 e. The van der Waals surface area contributed by atoms with Crippen LogP contribution in [0.25, 0.3) is 17.0 Å². The Kier molecular flexibility index (Phi) is 10.7. The minimum Gasteiger partial charge on any atom is -0.496 e. The summed E-state index contributed by atoms with van der Waals surface area (Å²) in [5.74, 6) is -0.561. The third kappa shape index (κ3) is 7.84. The predicted molar refractivity (Wildman–Crippen MR) is 179 cm³/mol. The van der Waals surface area contributed by atoms with Crippen molar-refractivity contribution in [1.29, 1.82) is 0 Å². The molecule has 0 aliphatic heterocycles. The molecule has 1 heterocycles. The lowest BCUT2D eigenvalue weighted by molar-refractivity contribution is -0.129. The average molecular weight is 645 g/mol. The summed E-state index contributed by atoms with van der Waals surface area (Å²) in [5.41, 5.74) is 4.58. The maximum Gasteiger partial charge on any atom is 0.265 e. The molecule has 242 valence electrons. The van der Waals surface area contributed by atoms with E-state index in [1.807, 2.05) is 42.0 Å². The monoisotopic (exact) mass is 644 g/mol. The quantitative estimate of drug-likeness (QED) is 0.216. The van der Waals surface area contributed by atoms with Crippen molar-refractivity contribution in [2.24, 2.45) is 0 Å². The van der Waals surface area contributed by atoms with Crippen LogP contribution in [0.3, 0.4) is 0 Å². The molecule has 0 spiro atoms. The number of carbonyl (C=O) groups is 3. The number of rotatable bonds is 12. The van der Waals surface area contributed by atoms with Crippen molar-refractivity contribution in [3.8, 4) is 5.75 Å². The van der Waals surface area contributed by atoms with E-state index in [2.05, 4.69) is 10.0 Å². The first-order chi connectivity index (χ1) is 21.8. The first-order valence-electron chi connectivity index (χ1n) is 14.9. The highest BCUT2D eigenvalue weighted by molar-refractivity contribution is 7.90. The summed E-state index contributed by atoms with van der Waals surface area (Å²) in [7, 11) is 0.818. The summed E-state index contributed by atoms with van der Waals surface area (Å²) in [6, 6.07) is 17.1. The lowest BCUT2D eigenvalue weighted by Crippen LogP contribution is -2.31.